The first kappa shape index (κ1) is 22.8. The first-order chi connectivity index (χ1) is 13.9. The molecule has 9 heteroatoms. The predicted molar refractivity (Wildman–Crippen MR) is 108 cm³/mol. The maximum atomic E-state index is 13.5. The minimum Gasteiger partial charge on any atom is -0.330 e. The van der Waals surface area contributed by atoms with Crippen molar-refractivity contribution in [3.63, 3.8) is 0 Å². The zero-order chi connectivity index (χ0) is 22.8. The number of hydrogen-bond acceptors (Lipinski definition) is 5. The highest BCUT2D eigenvalue weighted by Crippen LogP contribution is 2.30. The quantitative estimate of drug-likeness (QED) is 0.570. The summed E-state index contributed by atoms with van der Waals surface area (Å²) < 4.78 is 14.6. The highest BCUT2D eigenvalue weighted by Gasteiger charge is 2.33. The van der Waals surface area contributed by atoms with Crippen molar-refractivity contribution in [3.05, 3.63) is 51.6 Å². The van der Waals surface area contributed by atoms with E-state index in [1.165, 1.54) is 13.1 Å². The Balaban J connectivity index is 2.47. The maximum Gasteiger partial charge on any atom is 0.273 e. The second-order valence-corrected chi connectivity index (χ2v) is 8.19. The second-order valence-electron chi connectivity index (χ2n) is 7.81. The fourth-order valence-corrected chi connectivity index (χ4v) is 3.21. The van der Waals surface area contributed by atoms with Gasteiger partial charge in [0.25, 0.3) is 5.91 Å². The number of nitrogens with one attached hydrogen (secondary N) is 1. The Morgan fingerprint density at radius 2 is 1.83 bits per heavy atom. The van der Waals surface area contributed by atoms with Crippen molar-refractivity contribution in [1.82, 2.24) is 4.57 Å². The van der Waals surface area contributed by atoms with Gasteiger partial charge in [-0.15, -0.1) is 0 Å². The van der Waals surface area contributed by atoms with Crippen LogP contribution in [-0.4, -0.2) is 22.0 Å². The van der Waals surface area contributed by atoms with E-state index in [0.29, 0.717) is 0 Å². The SMILES string of the molecule is Cn1c(C#N)c(C(=O)C(=O)CC(C)(C)C)c(Cl)c1C(=O)Nc1ccc(F)c(C#N)c1. The van der Waals surface area contributed by atoms with Crippen molar-refractivity contribution in [2.75, 3.05) is 5.32 Å². The van der Waals surface area contributed by atoms with Gasteiger partial charge < -0.3 is 9.88 Å². The van der Waals surface area contributed by atoms with Crippen LogP contribution in [0, 0.1) is 33.9 Å². The van der Waals surface area contributed by atoms with Crippen molar-refractivity contribution in [3.8, 4) is 12.1 Å². The monoisotopic (exact) mass is 428 g/mol. The third kappa shape index (κ3) is 4.56. The molecular formula is C21H18ClFN4O3. The van der Waals surface area contributed by atoms with Crippen molar-refractivity contribution >= 4 is 34.8 Å². The highest BCUT2D eigenvalue weighted by atomic mass is 35.5. The molecule has 1 N–H and O–H groups in total. The molecule has 0 saturated heterocycles. The van der Waals surface area contributed by atoms with E-state index in [9.17, 15) is 24.0 Å². The van der Waals surface area contributed by atoms with Crippen LogP contribution in [0.25, 0.3) is 0 Å². The third-order valence-electron chi connectivity index (χ3n) is 4.17. The Morgan fingerprint density at radius 1 is 1.20 bits per heavy atom. The van der Waals surface area contributed by atoms with Gasteiger partial charge in [0, 0.05) is 19.2 Å². The number of anilines is 1. The summed E-state index contributed by atoms with van der Waals surface area (Å²) in [5.41, 5.74) is -1.39. The van der Waals surface area contributed by atoms with E-state index < -0.39 is 28.7 Å². The number of nitrogens with zero attached hydrogens (tertiary/aromatic N) is 3. The molecule has 0 unspecified atom stereocenters. The lowest BCUT2D eigenvalue weighted by molar-refractivity contribution is -0.116. The topological polar surface area (TPSA) is 116 Å². The molecule has 0 fully saturated rings. The van der Waals surface area contributed by atoms with Gasteiger partial charge in [-0.3, -0.25) is 14.4 Å². The van der Waals surface area contributed by atoms with Gasteiger partial charge in [-0.25, -0.2) is 4.39 Å². The summed E-state index contributed by atoms with van der Waals surface area (Å²) in [5.74, 6) is -3.22. The fourth-order valence-electron chi connectivity index (χ4n) is 2.82. The van der Waals surface area contributed by atoms with Gasteiger partial charge in [-0.05, 0) is 23.6 Å². The molecule has 0 aliphatic carbocycles. The average Bonchev–Trinajstić information content (AvgIpc) is 2.90. The van der Waals surface area contributed by atoms with Crippen LogP contribution < -0.4 is 5.32 Å². The normalized spacial score (nSPS) is 10.8. The van der Waals surface area contributed by atoms with Gasteiger partial charge in [0.2, 0.25) is 11.6 Å². The summed E-state index contributed by atoms with van der Waals surface area (Å²) in [4.78, 5) is 37.8. The van der Waals surface area contributed by atoms with E-state index >= 15 is 0 Å². The van der Waals surface area contributed by atoms with Gasteiger partial charge in [-0.2, -0.15) is 10.5 Å². The maximum absolute atomic E-state index is 13.5. The standard InChI is InChI=1S/C21H18ClFN4O3/c1-21(2,3)8-15(28)19(29)16-14(10-25)27(4)18(17(16)22)20(30)26-12-5-6-13(23)11(7-12)9-24/h5-7H,8H2,1-4H3,(H,26,30). The smallest absolute Gasteiger partial charge is 0.273 e. The van der Waals surface area contributed by atoms with Gasteiger partial charge >= 0.3 is 0 Å². The van der Waals surface area contributed by atoms with E-state index in [1.807, 2.05) is 0 Å². The molecule has 0 saturated carbocycles. The molecule has 1 aromatic heterocycles. The lowest BCUT2D eigenvalue weighted by Gasteiger charge is -2.15. The van der Waals surface area contributed by atoms with Gasteiger partial charge in [-0.1, -0.05) is 32.4 Å². The second kappa shape index (κ2) is 8.48. The van der Waals surface area contributed by atoms with Crippen LogP contribution in [0.3, 0.4) is 0 Å². The predicted octanol–water partition coefficient (Wildman–Crippen LogP) is 4.00. The number of Topliss-reactive ketones (excluding diaryl/α,β-unsaturated/α-hetero) is 2. The Morgan fingerprint density at radius 3 is 2.37 bits per heavy atom. The largest absolute Gasteiger partial charge is 0.330 e. The highest BCUT2D eigenvalue weighted by molar-refractivity contribution is 6.49. The first-order valence-corrected chi connectivity index (χ1v) is 9.16. The van der Waals surface area contributed by atoms with Gasteiger partial charge in [0.05, 0.1) is 16.1 Å². The lowest BCUT2D eigenvalue weighted by Crippen LogP contribution is -2.21. The number of benzene rings is 1. The van der Waals surface area contributed by atoms with Crippen molar-refractivity contribution in [2.24, 2.45) is 12.5 Å². The number of hydrogen-bond donors (Lipinski definition) is 1. The molecule has 0 bridgehead atoms. The van der Waals surface area contributed by atoms with E-state index in [0.717, 1.165) is 16.7 Å². The van der Waals surface area contributed by atoms with E-state index in [2.05, 4.69) is 5.32 Å². The van der Waals surface area contributed by atoms with Crippen LogP contribution in [0.5, 0.6) is 0 Å². The molecule has 30 heavy (non-hydrogen) atoms. The Labute approximate surface area is 177 Å². The zero-order valence-corrected chi connectivity index (χ0v) is 17.5. The number of halogens is 2. The van der Waals surface area contributed by atoms with Crippen LogP contribution >= 0.6 is 11.6 Å². The van der Waals surface area contributed by atoms with Crippen LogP contribution in [0.1, 0.15) is 59.3 Å². The van der Waals surface area contributed by atoms with Crippen LogP contribution in [0.15, 0.2) is 18.2 Å². The van der Waals surface area contributed by atoms with E-state index in [-0.39, 0.29) is 39.6 Å². The summed E-state index contributed by atoms with van der Waals surface area (Å²) in [6.45, 7) is 5.35. The molecule has 2 rings (SSSR count). The zero-order valence-electron chi connectivity index (χ0n) is 16.8. The number of aromatic nitrogens is 1. The number of carbonyl (C=O) groups is 3. The van der Waals surface area contributed by atoms with E-state index in [4.69, 9.17) is 16.9 Å². The third-order valence-corrected chi connectivity index (χ3v) is 4.54. The Bertz CT molecular complexity index is 1150. The number of carbonyl (C=O) groups excluding carboxylic acids is 3. The molecule has 0 aliphatic heterocycles. The van der Waals surface area contributed by atoms with Crippen molar-refractivity contribution in [2.45, 2.75) is 27.2 Å². The molecule has 0 aliphatic rings. The minimum atomic E-state index is -0.949. The molecular weight excluding hydrogens is 411 g/mol. The molecule has 1 heterocycles. The van der Waals surface area contributed by atoms with Crippen molar-refractivity contribution < 1.29 is 18.8 Å². The molecule has 0 spiro atoms. The number of amides is 1. The van der Waals surface area contributed by atoms with Gasteiger partial charge in [0.1, 0.15) is 29.3 Å². The summed E-state index contributed by atoms with van der Waals surface area (Å²) >= 11 is 6.25. The minimum absolute atomic E-state index is 0.0596. The average molecular weight is 429 g/mol. The summed E-state index contributed by atoms with van der Waals surface area (Å²) in [6, 6.07) is 6.85. The molecule has 0 atom stereocenters. The number of nitriles is 2. The van der Waals surface area contributed by atoms with Crippen LogP contribution in [0.4, 0.5) is 10.1 Å². The van der Waals surface area contributed by atoms with Crippen molar-refractivity contribution in [1.29, 1.82) is 10.5 Å². The molecule has 154 valence electrons. The Kier molecular flexibility index (Phi) is 6.44. The fraction of sp³-hybridized carbons (Fsp3) is 0.286. The van der Waals surface area contributed by atoms with E-state index in [1.54, 1.807) is 32.9 Å². The van der Waals surface area contributed by atoms with Crippen LogP contribution in [-0.2, 0) is 11.8 Å². The van der Waals surface area contributed by atoms with Crippen LogP contribution in [0.2, 0.25) is 5.02 Å². The summed E-state index contributed by atoms with van der Waals surface area (Å²) in [5, 5.41) is 20.5. The van der Waals surface area contributed by atoms with Gasteiger partial charge in [0.15, 0.2) is 0 Å². The summed E-state index contributed by atoms with van der Waals surface area (Å²) in [7, 11) is 1.36. The first-order valence-electron chi connectivity index (χ1n) is 8.78. The number of rotatable bonds is 5. The molecule has 1 amide bonds. The molecule has 1 aromatic carbocycles. The Hall–Kier alpha value is -3.49. The molecule has 0 radical (unpaired) electrons. The lowest BCUT2D eigenvalue weighted by atomic mass is 9.87. The molecule has 7 nitrogen and oxygen atoms in total. The number of ketones is 2. The summed E-state index contributed by atoms with van der Waals surface area (Å²) in [6.07, 6.45) is -0.0596. The molecule has 2 aromatic rings.